The van der Waals surface area contributed by atoms with Crippen LogP contribution in [0.25, 0.3) is 0 Å². The van der Waals surface area contributed by atoms with Crippen molar-refractivity contribution in [3.8, 4) is 11.5 Å². The van der Waals surface area contributed by atoms with E-state index in [1.165, 1.54) is 7.11 Å². The van der Waals surface area contributed by atoms with Gasteiger partial charge in [0.05, 0.1) is 25.3 Å². The number of carbonyl (C=O) groups is 5. The molecule has 0 saturated carbocycles. The third-order valence-corrected chi connectivity index (χ3v) is 11.2. The number of likely N-dealkylation sites (tertiary alicyclic amines) is 2. The second-order valence-corrected chi connectivity index (χ2v) is 14.6. The Morgan fingerprint density at radius 2 is 1.85 bits per heavy atom. The van der Waals surface area contributed by atoms with Crippen LogP contribution in [0.4, 0.5) is 4.79 Å². The van der Waals surface area contributed by atoms with Crippen molar-refractivity contribution in [2.75, 3.05) is 46.9 Å². The Morgan fingerprint density at radius 3 is 2.55 bits per heavy atom. The highest BCUT2D eigenvalue weighted by Crippen LogP contribution is 2.57. The number of aryl methyl sites for hydroxylation is 1. The first-order valence-corrected chi connectivity index (χ1v) is 18.6. The van der Waals surface area contributed by atoms with E-state index in [0.29, 0.717) is 43.7 Å². The fraction of sp³-hybridized carbons (Fsp3) is 0.622. The molecule has 18 nitrogen and oxygen atoms in total. The van der Waals surface area contributed by atoms with Gasteiger partial charge in [0.1, 0.15) is 18.2 Å². The first kappa shape index (κ1) is 42.6. The maximum atomic E-state index is 13.9. The molecule has 3 aliphatic rings. The van der Waals surface area contributed by atoms with E-state index in [2.05, 4.69) is 25.8 Å². The van der Waals surface area contributed by atoms with Gasteiger partial charge in [-0.3, -0.25) is 24.2 Å². The van der Waals surface area contributed by atoms with Crippen molar-refractivity contribution < 1.29 is 48.8 Å². The molecule has 0 aromatic heterocycles. The first-order chi connectivity index (χ1) is 26.0. The number of rotatable bonds is 15. The highest BCUT2D eigenvalue weighted by atomic mass is 16.6. The number of aliphatic imine (C=N–C) groups is 1. The summed E-state index contributed by atoms with van der Waals surface area (Å²) in [6, 6.07) is 1.78. The second-order valence-electron chi connectivity index (χ2n) is 14.6. The molecule has 55 heavy (non-hydrogen) atoms. The Balaban J connectivity index is 1.48. The van der Waals surface area contributed by atoms with E-state index in [9.17, 15) is 34.2 Å². The lowest BCUT2D eigenvalue weighted by Gasteiger charge is -2.59. The summed E-state index contributed by atoms with van der Waals surface area (Å²) in [6.45, 7) is 4.57. The largest absolute Gasteiger partial charge is 0.504 e. The summed E-state index contributed by atoms with van der Waals surface area (Å²) in [5.74, 6) is -2.96. The summed E-state index contributed by atoms with van der Waals surface area (Å²) in [4.78, 5) is 70.0. The van der Waals surface area contributed by atoms with Crippen LogP contribution in [0, 0.1) is 6.92 Å². The topological polar surface area (TPSA) is 271 Å². The van der Waals surface area contributed by atoms with Crippen LogP contribution < -0.4 is 32.2 Å². The number of phenolic OH excluding ortho intramolecular Hbond substituents is 1. The quantitative estimate of drug-likeness (QED) is 0.0517. The predicted octanol–water partition coefficient (Wildman–Crippen LogP) is 0.316. The highest BCUT2D eigenvalue weighted by Gasteiger charge is 2.61. The lowest BCUT2D eigenvalue weighted by Crippen LogP contribution is -2.68. The smallest absolute Gasteiger partial charge is 0.415 e. The van der Waals surface area contributed by atoms with Crippen LogP contribution in [0.2, 0.25) is 0 Å². The van der Waals surface area contributed by atoms with Crippen LogP contribution in [0.3, 0.4) is 0 Å². The Morgan fingerprint density at radius 1 is 1.11 bits per heavy atom. The van der Waals surface area contributed by atoms with Crippen molar-refractivity contribution in [3.05, 3.63) is 35.1 Å². The van der Waals surface area contributed by atoms with Gasteiger partial charge in [-0.1, -0.05) is 6.07 Å². The monoisotopic (exact) mass is 772 g/mol. The number of fused-ring (bicyclic) bond motifs is 1. The molecule has 4 amide bonds. The molecule has 4 unspecified atom stereocenters. The molecule has 0 radical (unpaired) electrons. The molecular weight excluding hydrogens is 716 g/mol. The van der Waals surface area contributed by atoms with E-state index in [1.54, 1.807) is 17.0 Å². The summed E-state index contributed by atoms with van der Waals surface area (Å²) < 4.78 is 11.6. The number of phenols is 1. The minimum Gasteiger partial charge on any atom is -0.504 e. The van der Waals surface area contributed by atoms with E-state index >= 15 is 0 Å². The third kappa shape index (κ3) is 9.96. The zero-order valence-corrected chi connectivity index (χ0v) is 32.1. The van der Waals surface area contributed by atoms with Crippen molar-refractivity contribution in [2.45, 2.75) is 101 Å². The van der Waals surface area contributed by atoms with Crippen molar-refractivity contribution in [1.82, 2.24) is 25.8 Å². The Bertz CT molecular complexity index is 1670. The predicted molar refractivity (Wildman–Crippen MR) is 201 cm³/mol. The number of piperidine rings is 2. The summed E-state index contributed by atoms with van der Waals surface area (Å²) in [5, 5.41) is 40.4. The van der Waals surface area contributed by atoms with Gasteiger partial charge in [-0.05, 0) is 83.7 Å². The number of benzene rings is 1. The highest BCUT2D eigenvalue weighted by molar-refractivity contribution is 5.95. The maximum Gasteiger partial charge on any atom is 0.415 e. The van der Waals surface area contributed by atoms with Gasteiger partial charge in [0.2, 0.25) is 17.7 Å². The molecular formula is C37H56N8O10. The number of hydrogen-bond donors (Lipinski definition) is 8. The number of aliphatic hydroxyl groups is 1. The zero-order chi connectivity index (χ0) is 40.5. The number of nitrogens with one attached hydrogen (secondary N) is 3. The number of amides is 4. The molecule has 5 atom stereocenters. The van der Waals surface area contributed by atoms with Crippen molar-refractivity contribution in [3.63, 3.8) is 0 Å². The number of aromatic hydroxyl groups is 1. The average Bonchev–Trinajstić information content (AvgIpc) is 3.13. The van der Waals surface area contributed by atoms with Crippen LogP contribution in [0.1, 0.15) is 75.8 Å². The standard InChI is InChI=1S/C37H56N8O10/c1-22-10-11-27(54-4)32(50)31(22)36-14-17-44(3)23(2)37(36,53)13-12-25(19-36)55-35(52)45-16-6-5-8-24(45)20-42-33(51)26(9-7-15-40-34(38)39)43-29(47)21-41-28(46)18-30(48)49/h10-12,23-24,26,50,53H,5-9,13-21H2,1-4H3,(H,41,46)(H,42,51)(H,43,47)(H,48,49)(H4,38,39,40)/t23?,24?,26?,36-,37?/m1/s1. The van der Waals surface area contributed by atoms with E-state index in [4.69, 9.17) is 26.0 Å². The molecule has 2 heterocycles. The van der Waals surface area contributed by atoms with Gasteiger partial charge in [0.15, 0.2) is 17.5 Å². The Hall–Kier alpha value is -5.10. The number of carboxylic acids is 1. The van der Waals surface area contributed by atoms with Gasteiger partial charge in [-0.2, -0.15) is 0 Å². The van der Waals surface area contributed by atoms with Gasteiger partial charge in [0.25, 0.3) is 0 Å². The van der Waals surface area contributed by atoms with E-state index < -0.39 is 65.8 Å². The number of nitrogens with two attached hydrogens (primary N) is 2. The van der Waals surface area contributed by atoms with Gasteiger partial charge in [-0.15, -0.1) is 0 Å². The van der Waals surface area contributed by atoms with E-state index in [-0.39, 0.29) is 55.9 Å². The number of hydrogen-bond acceptors (Lipinski definition) is 11. The maximum absolute atomic E-state index is 13.9. The Kier molecular flexibility index (Phi) is 14.3. The number of carboxylic acid groups (broad SMARTS) is 1. The number of methoxy groups -OCH3 is 1. The summed E-state index contributed by atoms with van der Waals surface area (Å²) in [5.41, 5.74) is 9.85. The van der Waals surface area contributed by atoms with Crippen molar-refractivity contribution >= 4 is 35.7 Å². The SMILES string of the molecule is COc1ccc(C)c([C@]23CCN(C)C(C)C2(O)CC=C(OC(=O)N2CCCCC2CNC(=O)C(CCCN=C(N)N)NC(=O)CNC(=O)CC(=O)O)C3)c1O. The molecule has 4 rings (SSSR count). The van der Waals surface area contributed by atoms with Gasteiger partial charge in [-0.25, -0.2) is 4.79 Å². The van der Waals surface area contributed by atoms with Crippen LogP contribution in [-0.4, -0.2) is 131 Å². The number of aliphatic carboxylic acids is 1. The molecule has 2 fully saturated rings. The lowest BCUT2D eigenvalue weighted by atomic mass is 9.54. The summed E-state index contributed by atoms with van der Waals surface area (Å²) in [6.07, 6.45) is 3.74. The van der Waals surface area contributed by atoms with Gasteiger partial charge in [0, 0.05) is 49.5 Å². The molecule has 18 heteroatoms. The van der Waals surface area contributed by atoms with Gasteiger partial charge < -0.3 is 62.0 Å². The average molecular weight is 773 g/mol. The molecule has 1 aromatic carbocycles. The number of nitrogens with zero attached hydrogens (tertiary/aromatic N) is 3. The molecule has 304 valence electrons. The lowest BCUT2D eigenvalue weighted by molar-refractivity contribution is -0.141. The van der Waals surface area contributed by atoms with Crippen LogP contribution in [0.5, 0.6) is 11.5 Å². The molecule has 1 aliphatic carbocycles. The molecule has 10 N–H and O–H groups in total. The fourth-order valence-electron chi connectivity index (χ4n) is 8.10. The normalized spacial score (nSPS) is 24.3. The molecule has 1 aromatic rings. The summed E-state index contributed by atoms with van der Waals surface area (Å²) in [7, 11) is 3.42. The van der Waals surface area contributed by atoms with Gasteiger partial charge >= 0.3 is 12.1 Å². The molecule has 0 bridgehead atoms. The Labute approximate surface area is 320 Å². The van der Waals surface area contributed by atoms with Crippen LogP contribution in [0.15, 0.2) is 29.0 Å². The van der Waals surface area contributed by atoms with Crippen LogP contribution in [-0.2, 0) is 29.3 Å². The van der Waals surface area contributed by atoms with E-state index in [0.717, 1.165) is 18.4 Å². The minimum absolute atomic E-state index is 0.0502. The third-order valence-electron chi connectivity index (χ3n) is 11.2. The second kappa shape index (κ2) is 18.5. The number of guanidine groups is 1. The van der Waals surface area contributed by atoms with Crippen LogP contribution >= 0.6 is 0 Å². The minimum atomic E-state index is -1.35. The number of ether oxygens (including phenoxy) is 2. The first-order valence-electron chi connectivity index (χ1n) is 18.6. The summed E-state index contributed by atoms with van der Waals surface area (Å²) >= 11 is 0. The fourth-order valence-corrected chi connectivity index (χ4v) is 8.10. The van der Waals surface area contributed by atoms with E-state index in [1.807, 2.05) is 27.0 Å². The van der Waals surface area contributed by atoms with Crippen molar-refractivity contribution in [1.29, 1.82) is 0 Å². The number of allylic oxidation sites excluding steroid dienone is 1. The molecule has 0 spiro atoms. The molecule has 2 saturated heterocycles. The zero-order valence-electron chi connectivity index (χ0n) is 32.1. The molecule has 2 aliphatic heterocycles. The van der Waals surface area contributed by atoms with Crippen molar-refractivity contribution in [2.24, 2.45) is 16.5 Å². The number of likely N-dealkylation sites (N-methyl/N-ethyl adjacent to an activating group) is 1. The number of carbonyl (C=O) groups excluding carboxylic acids is 4.